The first kappa shape index (κ1) is 15.5. The van der Waals surface area contributed by atoms with Crippen LogP contribution in [0.2, 0.25) is 0 Å². The van der Waals surface area contributed by atoms with Crippen molar-refractivity contribution in [2.75, 3.05) is 5.32 Å². The SMILES string of the molecule is Cc1cc(CNc2c(C#N)c(=O)n(C)c(=O)n2C)ccc1F. The smallest absolute Gasteiger partial charge is 0.332 e. The van der Waals surface area contributed by atoms with Crippen LogP contribution in [-0.2, 0) is 20.6 Å². The molecule has 1 aromatic heterocycles. The zero-order valence-electron chi connectivity index (χ0n) is 12.5. The Morgan fingerprint density at radius 3 is 2.55 bits per heavy atom. The molecule has 0 aliphatic heterocycles. The van der Waals surface area contributed by atoms with E-state index in [1.807, 2.05) is 6.07 Å². The summed E-state index contributed by atoms with van der Waals surface area (Å²) in [5, 5.41) is 12.1. The molecule has 22 heavy (non-hydrogen) atoms. The average Bonchev–Trinajstić information content (AvgIpc) is 2.50. The number of nitrogens with one attached hydrogen (secondary N) is 1. The van der Waals surface area contributed by atoms with E-state index < -0.39 is 11.2 Å². The van der Waals surface area contributed by atoms with Crippen molar-refractivity contribution in [1.29, 1.82) is 5.26 Å². The summed E-state index contributed by atoms with van der Waals surface area (Å²) in [6.45, 7) is 1.91. The molecule has 0 bridgehead atoms. The Labute approximate surface area is 126 Å². The molecule has 0 unspecified atom stereocenters. The molecule has 0 aliphatic rings. The van der Waals surface area contributed by atoms with Crippen LogP contribution in [0.4, 0.5) is 10.2 Å². The number of nitriles is 1. The lowest BCUT2D eigenvalue weighted by molar-refractivity contribution is 0.617. The Morgan fingerprint density at radius 1 is 1.27 bits per heavy atom. The zero-order chi connectivity index (χ0) is 16.4. The minimum atomic E-state index is -0.650. The van der Waals surface area contributed by atoms with Crippen LogP contribution < -0.4 is 16.6 Å². The van der Waals surface area contributed by atoms with Gasteiger partial charge in [0.25, 0.3) is 5.56 Å². The van der Waals surface area contributed by atoms with Crippen LogP contribution in [0.15, 0.2) is 27.8 Å². The first-order chi connectivity index (χ1) is 10.4. The van der Waals surface area contributed by atoms with Gasteiger partial charge < -0.3 is 5.32 Å². The van der Waals surface area contributed by atoms with Gasteiger partial charge in [-0.3, -0.25) is 13.9 Å². The molecule has 114 valence electrons. The van der Waals surface area contributed by atoms with Gasteiger partial charge in [0.2, 0.25) is 0 Å². The molecular weight excluding hydrogens is 287 g/mol. The molecule has 1 N–H and O–H groups in total. The number of aryl methyl sites for hydroxylation is 1. The minimum absolute atomic E-state index is 0.136. The molecule has 2 aromatic rings. The van der Waals surface area contributed by atoms with Crippen molar-refractivity contribution in [3.05, 3.63) is 61.5 Å². The number of hydrogen-bond acceptors (Lipinski definition) is 4. The van der Waals surface area contributed by atoms with E-state index in [1.54, 1.807) is 19.1 Å². The summed E-state index contributed by atoms with van der Waals surface area (Å²) in [7, 11) is 2.79. The summed E-state index contributed by atoms with van der Waals surface area (Å²) in [5.74, 6) is -0.153. The third-order valence-corrected chi connectivity index (χ3v) is 3.46. The molecule has 6 nitrogen and oxygen atoms in total. The fourth-order valence-corrected chi connectivity index (χ4v) is 2.15. The quantitative estimate of drug-likeness (QED) is 0.918. The van der Waals surface area contributed by atoms with E-state index in [0.29, 0.717) is 5.56 Å². The Bertz CT molecular complexity index is 890. The van der Waals surface area contributed by atoms with Gasteiger partial charge in [0, 0.05) is 20.6 Å². The summed E-state index contributed by atoms with van der Waals surface area (Å²) in [5.41, 5.74) is -0.0396. The van der Waals surface area contributed by atoms with Crippen LogP contribution in [0.25, 0.3) is 0 Å². The molecule has 0 fully saturated rings. The third-order valence-electron chi connectivity index (χ3n) is 3.46. The average molecular weight is 302 g/mol. The highest BCUT2D eigenvalue weighted by Crippen LogP contribution is 2.13. The Kier molecular flexibility index (Phi) is 4.13. The zero-order valence-corrected chi connectivity index (χ0v) is 12.5. The van der Waals surface area contributed by atoms with Crippen LogP contribution in [0.1, 0.15) is 16.7 Å². The number of halogens is 1. The molecule has 0 spiro atoms. The maximum atomic E-state index is 13.2. The van der Waals surface area contributed by atoms with Gasteiger partial charge in [0.1, 0.15) is 17.7 Å². The molecule has 0 atom stereocenters. The lowest BCUT2D eigenvalue weighted by Crippen LogP contribution is -2.39. The van der Waals surface area contributed by atoms with Gasteiger partial charge in [-0.2, -0.15) is 5.26 Å². The highest BCUT2D eigenvalue weighted by Gasteiger charge is 2.15. The molecule has 0 saturated heterocycles. The highest BCUT2D eigenvalue weighted by molar-refractivity contribution is 5.51. The van der Waals surface area contributed by atoms with E-state index >= 15 is 0 Å². The van der Waals surface area contributed by atoms with E-state index in [2.05, 4.69) is 5.32 Å². The van der Waals surface area contributed by atoms with Gasteiger partial charge in [-0.1, -0.05) is 12.1 Å². The Morgan fingerprint density at radius 2 is 1.95 bits per heavy atom. The second-order valence-corrected chi connectivity index (χ2v) is 4.98. The minimum Gasteiger partial charge on any atom is -0.366 e. The molecule has 1 aromatic carbocycles. The van der Waals surface area contributed by atoms with Gasteiger partial charge in [-0.15, -0.1) is 0 Å². The number of anilines is 1. The van der Waals surface area contributed by atoms with Crippen LogP contribution in [0.5, 0.6) is 0 Å². The number of benzene rings is 1. The first-order valence-electron chi connectivity index (χ1n) is 6.55. The van der Waals surface area contributed by atoms with E-state index in [9.17, 15) is 14.0 Å². The largest absolute Gasteiger partial charge is 0.366 e. The summed E-state index contributed by atoms with van der Waals surface area (Å²) < 4.78 is 15.3. The van der Waals surface area contributed by atoms with Crippen molar-refractivity contribution in [3.8, 4) is 6.07 Å². The molecule has 0 amide bonds. The molecule has 0 aliphatic carbocycles. The summed E-state index contributed by atoms with van der Waals surface area (Å²) >= 11 is 0. The second-order valence-electron chi connectivity index (χ2n) is 4.98. The van der Waals surface area contributed by atoms with Crippen molar-refractivity contribution < 1.29 is 4.39 Å². The van der Waals surface area contributed by atoms with E-state index in [4.69, 9.17) is 5.26 Å². The monoisotopic (exact) mass is 302 g/mol. The van der Waals surface area contributed by atoms with Crippen molar-refractivity contribution in [2.45, 2.75) is 13.5 Å². The van der Waals surface area contributed by atoms with Crippen molar-refractivity contribution in [1.82, 2.24) is 9.13 Å². The lowest BCUT2D eigenvalue weighted by Gasteiger charge is -2.14. The highest BCUT2D eigenvalue weighted by atomic mass is 19.1. The summed E-state index contributed by atoms with van der Waals surface area (Å²) in [4.78, 5) is 23.9. The van der Waals surface area contributed by atoms with Gasteiger partial charge in [0.05, 0.1) is 0 Å². The van der Waals surface area contributed by atoms with Gasteiger partial charge in [0.15, 0.2) is 5.56 Å². The Balaban J connectivity index is 2.42. The molecule has 1 heterocycles. The predicted octanol–water partition coefficient (Wildman–Crippen LogP) is 1.02. The van der Waals surface area contributed by atoms with Gasteiger partial charge >= 0.3 is 5.69 Å². The molecule has 7 heteroatoms. The maximum Gasteiger partial charge on any atom is 0.332 e. The van der Waals surface area contributed by atoms with Crippen molar-refractivity contribution in [2.24, 2.45) is 14.1 Å². The van der Waals surface area contributed by atoms with Gasteiger partial charge in [-0.05, 0) is 24.1 Å². The number of hydrogen-bond donors (Lipinski definition) is 1. The normalized spacial score (nSPS) is 10.3. The first-order valence-corrected chi connectivity index (χ1v) is 6.55. The van der Waals surface area contributed by atoms with Crippen molar-refractivity contribution in [3.63, 3.8) is 0 Å². The van der Waals surface area contributed by atoms with Crippen LogP contribution >= 0.6 is 0 Å². The third kappa shape index (κ3) is 2.63. The maximum absolute atomic E-state index is 13.2. The van der Waals surface area contributed by atoms with Crippen LogP contribution in [0.3, 0.4) is 0 Å². The van der Waals surface area contributed by atoms with Crippen molar-refractivity contribution >= 4 is 5.82 Å². The fraction of sp³-hybridized carbons (Fsp3) is 0.267. The standard InChI is InChI=1S/C15H15FN4O2/c1-9-6-10(4-5-12(9)16)8-18-13-11(7-17)14(21)20(3)15(22)19(13)2/h4-6,18H,8H2,1-3H3. The number of aromatic nitrogens is 2. The predicted molar refractivity (Wildman–Crippen MR) is 80.1 cm³/mol. The lowest BCUT2D eigenvalue weighted by atomic mass is 10.1. The van der Waals surface area contributed by atoms with Crippen LogP contribution in [-0.4, -0.2) is 9.13 Å². The fourth-order valence-electron chi connectivity index (χ4n) is 2.15. The summed E-state index contributed by atoms with van der Waals surface area (Å²) in [6.07, 6.45) is 0. The Hall–Kier alpha value is -2.88. The molecular formula is C15H15FN4O2. The topological polar surface area (TPSA) is 79.8 Å². The summed E-state index contributed by atoms with van der Waals surface area (Å²) in [6, 6.07) is 6.42. The molecule has 0 radical (unpaired) electrons. The number of nitrogens with zero attached hydrogens (tertiary/aromatic N) is 3. The molecule has 0 saturated carbocycles. The molecule has 2 rings (SSSR count). The van der Waals surface area contributed by atoms with Crippen LogP contribution in [0, 0.1) is 24.1 Å². The number of rotatable bonds is 3. The second kappa shape index (κ2) is 5.85. The van der Waals surface area contributed by atoms with E-state index in [1.165, 1.54) is 24.7 Å². The van der Waals surface area contributed by atoms with E-state index in [-0.39, 0.29) is 23.7 Å². The van der Waals surface area contributed by atoms with Gasteiger partial charge in [-0.25, -0.2) is 9.18 Å². The van der Waals surface area contributed by atoms with E-state index in [0.717, 1.165) is 10.1 Å².